The van der Waals surface area contributed by atoms with Crippen molar-refractivity contribution in [2.45, 2.75) is 26.7 Å². The average molecular weight is 331 g/mol. The van der Waals surface area contributed by atoms with Gasteiger partial charge in [-0.15, -0.1) is 0 Å². The van der Waals surface area contributed by atoms with Gasteiger partial charge < -0.3 is 9.64 Å². The van der Waals surface area contributed by atoms with Crippen LogP contribution in [0.3, 0.4) is 0 Å². The summed E-state index contributed by atoms with van der Waals surface area (Å²) in [5, 5.41) is 20.3. The molecule has 1 fully saturated rings. The summed E-state index contributed by atoms with van der Waals surface area (Å²) in [6, 6.07) is 6.42. The highest BCUT2D eigenvalue weighted by Crippen LogP contribution is 2.38. The molecule has 0 amide bonds. The van der Waals surface area contributed by atoms with Gasteiger partial charge in [0.05, 0.1) is 29.1 Å². The fourth-order valence-electron chi connectivity index (χ4n) is 3.22. The fourth-order valence-corrected chi connectivity index (χ4v) is 3.22. The lowest BCUT2D eigenvalue weighted by Crippen LogP contribution is -2.45. The van der Waals surface area contributed by atoms with E-state index in [1.54, 1.807) is 12.1 Å². The number of hydrogen-bond acceptors (Lipinski definition) is 6. The molecule has 0 saturated carbocycles. The third-order valence-electron chi connectivity index (χ3n) is 4.80. The number of anilines is 1. The number of nitrogens with zero attached hydrogens (tertiary/aromatic N) is 3. The number of nitro groups is 1. The molecule has 0 radical (unpaired) electrons. The van der Waals surface area contributed by atoms with Crippen molar-refractivity contribution in [1.82, 2.24) is 0 Å². The summed E-state index contributed by atoms with van der Waals surface area (Å²) < 4.78 is 4.90. The molecule has 0 spiro atoms. The van der Waals surface area contributed by atoms with Gasteiger partial charge in [-0.2, -0.15) is 5.26 Å². The van der Waals surface area contributed by atoms with E-state index in [9.17, 15) is 14.9 Å². The van der Waals surface area contributed by atoms with Gasteiger partial charge in [-0.1, -0.05) is 0 Å². The van der Waals surface area contributed by atoms with Crippen LogP contribution in [0, 0.1) is 32.8 Å². The number of hydrogen-bond donors (Lipinski definition) is 0. The zero-order valence-electron chi connectivity index (χ0n) is 14.1. The third-order valence-corrected chi connectivity index (χ3v) is 4.80. The van der Waals surface area contributed by atoms with Gasteiger partial charge in [0.1, 0.15) is 5.69 Å². The largest absolute Gasteiger partial charge is 0.469 e. The van der Waals surface area contributed by atoms with Crippen molar-refractivity contribution in [3.63, 3.8) is 0 Å². The summed E-state index contributed by atoms with van der Waals surface area (Å²) in [6.45, 7) is 4.91. The van der Waals surface area contributed by atoms with E-state index in [-0.39, 0.29) is 23.1 Å². The molecule has 1 heterocycles. The second kappa shape index (κ2) is 6.87. The molecule has 0 bridgehead atoms. The van der Waals surface area contributed by atoms with Gasteiger partial charge in [0.2, 0.25) is 0 Å². The second-order valence-corrected chi connectivity index (χ2v) is 6.57. The highest BCUT2D eigenvalue weighted by atomic mass is 16.6. The first-order valence-corrected chi connectivity index (χ1v) is 7.83. The molecule has 1 aliphatic heterocycles. The first kappa shape index (κ1) is 17.7. The molecule has 1 aromatic carbocycles. The summed E-state index contributed by atoms with van der Waals surface area (Å²) in [6.07, 6.45) is 1.70. The van der Waals surface area contributed by atoms with Gasteiger partial charge in [-0.3, -0.25) is 14.9 Å². The quantitative estimate of drug-likeness (QED) is 0.478. The smallest absolute Gasteiger partial charge is 0.311 e. The molecule has 1 atom stereocenters. The predicted molar refractivity (Wildman–Crippen MR) is 88.5 cm³/mol. The summed E-state index contributed by atoms with van der Waals surface area (Å²) in [7, 11) is 1.37. The topological polar surface area (TPSA) is 96.5 Å². The zero-order valence-corrected chi connectivity index (χ0v) is 14.1. The van der Waals surface area contributed by atoms with Crippen LogP contribution in [0.25, 0.3) is 0 Å². The van der Waals surface area contributed by atoms with Gasteiger partial charge in [-0.05, 0) is 44.7 Å². The molecule has 1 unspecified atom stereocenters. The molecule has 1 aliphatic rings. The number of rotatable bonds is 4. The molecule has 7 nitrogen and oxygen atoms in total. The van der Waals surface area contributed by atoms with Crippen molar-refractivity contribution in [3.8, 4) is 6.07 Å². The maximum absolute atomic E-state index is 12.0. The van der Waals surface area contributed by atoms with Gasteiger partial charge in [0.25, 0.3) is 5.69 Å². The van der Waals surface area contributed by atoms with E-state index in [0.29, 0.717) is 18.8 Å². The first-order chi connectivity index (χ1) is 11.3. The summed E-state index contributed by atoms with van der Waals surface area (Å²) in [5.41, 5.74) is 0.0123. The Morgan fingerprint density at radius 1 is 1.50 bits per heavy atom. The normalized spacial score (nSPS) is 17.9. The lowest BCUT2D eigenvalue weighted by molar-refractivity contribution is -0.384. The van der Waals surface area contributed by atoms with Crippen LogP contribution in [-0.2, 0) is 9.53 Å². The van der Waals surface area contributed by atoms with Crippen molar-refractivity contribution in [2.24, 2.45) is 11.3 Å². The van der Waals surface area contributed by atoms with Gasteiger partial charge in [-0.25, -0.2) is 0 Å². The number of piperidine rings is 1. The molecule has 0 N–H and O–H groups in total. The Hall–Kier alpha value is -2.62. The molecular weight excluding hydrogens is 310 g/mol. The van der Waals surface area contributed by atoms with Crippen LogP contribution in [0.1, 0.15) is 32.3 Å². The van der Waals surface area contributed by atoms with Crippen LogP contribution in [0.5, 0.6) is 0 Å². The Morgan fingerprint density at radius 3 is 2.79 bits per heavy atom. The third kappa shape index (κ3) is 3.32. The lowest BCUT2D eigenvalue weighted by Gasteiger charge is -2.40. The van der Waals surface area contributed by atoms with Crippen molar-refractivity contribution >= 4 is 17.3 Å². The predicted octanol–water partition coefficient (Wildman–Crippen LogP) is 2.88. The molecule has 1 saturated heterocycles. The summed E-state index contributed by atoms with van der Waals surface area (Å²) >= 11 is 0. The molecular formula is C17H21N3O4. The number of ether oxygens (including phenoxy) is 1. The van der Waals surface area contributed by atoms with Crippen molar-refractivity contribution in [2.75, 3.05) is 25.1 Å². The Labute approximate surface area is 141 Å². The minimum atomic E-state index is -0.658. The molecule has 0 aromatic heterocycles. The number of methoxy groups -OCH3 is 1. The Morgan fingerprint density at radius 2 is 2.21 bits per heavy atom. The van der Waals surface area contributed by atoms with Crippen LogP contribution in [0.15, 0.2) is 18.2 Å². The minimum absolute atomic E-state index is 0.0361. The molecule has 24 heavy (non-hydrogen) atoms. The van der Waals surface area contributed by atoms with E-state index in [4.69, 9.17) is 10.00 Å². The second-order valence-electron chi connectivity index (χ2n) is 6.57. The van der Waals surface area contributed by atoms with Crippen molar-refractivity contribution in [1.29, 1.82) is 5.26 Å². The van der Waals surface area contributed by atoms with E-state index in [2.05, 4.69) is 0 Å². The number of carbonyl (C=O) groups excluding carboxylic acids is 1. The fraction of sp³-hybridized carbons (Fsp3) is 0.529. The number of carbonyl (C=O) groups is 1. The van der Waals surface area contributed by atoms with Crippen LogP contribution in [0.4, 0.5) is 11.4 Å². The SMILES string of the molecule is COC(=O)C(C)(C)C1CCCN(c2ccc(C#N)cc2[N+](=O)[O-])C1. The van der Waals surface area contributed by atoms with Gasteiger partial charge in [0.15, 0.2) is 0 Å². The van der Waals surface area contributed by atoms with Crippen molar-refractivity contribution in [3.05, 3.63) is 33.9 Å². The Bertz CT molecular complexity index is 694. The molecule has 7 heteroatoms. The van der Waals surface area contributed by atoms with Crippen LogP contribution in [-0.4, -0.2) is 31.1 Å². The molecule has 128 valence electrons. The number of nitro benzene ring substituents is 1. The van der Waals surface area contributed by atoms with E-state index in [1.807, 2.05) is 24.8 Å². The first-order valence-electron chi connectivity index (χ1n) is 7.83. The van der Waals surface area contributed by atoms with E-state index < -0.39 is 10.3 Å². The molecule has 2 rings (SSSR count). The van der Waals surface area contributed by atoms with Crippen LogP contribution < -0.4 is 4.90 Å². The average Bonchev–Trinajstić information content (AvgIpc) is 2.60. The van der Waals surface area contributed by atoms with Gasteiger partial charge in [0, 0.05) is 19.2 Å². The summed E-state index contributed by atoms with van der Waals surface area (Å²) in [4.78, 5) is 24.9. The minimum Gasteiger partial charge on any atom is -0.469 e. The van der Waals surface area contributed by atoms with Crippen LogP contribution in [0.2, 0.25) is 0 Å². The standard InChI is InChI=1S/C17H21N3O4/c1-17(2,16(21)24-3)13-5-4-8-19(11-13)14-7-6-12(10-18)9-15(14)20(22)23/h6-7,9,13H,4-5,8,11H2,1-3H3. The van der Waals surface area contributed by atoms with Gasteiger partial charge >= 0.3 is 5.97 Å². The van der Waals surface area contributed by atoms with E-state index in [1.165, 1.54) is 13.2 Å². The van der Waals surface area contributed by atoms with E-state index in [0.717, 1.165) is 12.8 Å². The number of benzene rings is 1. The number of nitriles is 1. The maximum atomic E-state index is 12.0. The number of esters is 1. The Kier molecular flexibility index (Phi) is 5.07. The Balaban J connectivity index is 2.32. The maximum Gasteiger partial charge on any atom is 0.311 e. The monoisotopic (exact) mass is 331 g/mol. The molecule has 0 aliphatic carbocycles. The zero-order chi connectivity index (χ0) is 17.9. The summed E-state index contributed by atoms with van der Waals surface area (Å²) in [5.74, 6) is -0.238. The lowest BCUT2D eigenvalue weighted by atomic mass is 9.74. The molecule has 1 aromatic rings. The van der Waals surface area contributed by atoms with Crippen LogP contribution >= 0.6 is 0 Å². The highest BCUT2D eigenvalue weighted by molar-refractivity contribution is 5.76. The highest BCUT2D eigenvalue weighted by Gasteiger charge is 2.40. The van der Waals surface area contributed by atoms with Crippen molar-refractivity contribution < 1.29 is 14.5 Å². The van der Waals surface area contributed by atoms with E-state index >= 15 is 0 Å².